The highest BCUT2D eigenvalue weighted by atomic mass is 16.4. The van der Waals surface area contributed by atoms with Gasteiger partial charge in [0.1, 0.15) is 0 Å². The number of carbonyl (C=O) groups is 1. The number of rotatable bonds is 7. The van der Waals surface area contributed by atoms with E-state index < -0.39 is 11.4 Å². The monoisotopic (exact) mass is 200 g/mol. The number of hydrogen-bond acceptors (Lipinski definition) is 1. The Morgan fingerprint density at radius 2 is 1.79 bits per heavy atom. The third kappa shape index (κ3) is 3.69. The van der Waals surface area contributed by atoms with Crippen molar-refractivity contribution in [1.29, 1.82) is 0 Å². The molecule has 0 heterocycles. The lowest BCUT2D eigenvalue weighted by Crippen LogP contribution is -2.29. The summed E-state index contributed by atoms with van der Waals surface area (Å²) in [6.07, 6.45) is 4.49. The van der Waals surface area contributed by atoms with E-state index in [1.807, 2.05) is 13.8 Å². The molecule has 1 N–H and O–H groups in total. The molecule has 0 aromatic rings. The fourth-order valence-electron chi connectivity index (χ4n) is 1.86. The molecule has 0 radical (unpaired) electrons. The second kappa shape index (κ2) is 6.05. The average molecular weight is 200 g/mol. The first kappa shape index (κ1) is 13.5. The second-order valence-corrected chi connectivity index (χ2v) is 4.58. The zero-order chi connectivity index (χ0) is 11.2. The van der Waals surface area contributed by atoms with E-state index in [1.165, 1.54) is 0 Å². The standard InChI is InChI=1S/C12H24O2/c1-5-12(6-2,11(13)14)9-7-8-10(3)4/h10H,5-9H2,1-4H3,(H,13,14). The van der Waals surface area contributed by atoms with Crippen molar-refractivity contribution in [3.63, 3.8) is 0 Å². The SMILES string of the molecule is CCC(CC)(CCCC(C)C)C(=O)O. The lowest BCUT2D eigenvalue weighted by Gasteiger charge is -2.26. The van der Waals surface area contributed by atoms with Crippen LogP contribution in [0.25, 0.3) is 0 Å². The topological polar surface area (TPSA) is 37.3 Å². The molecule has 0 unspecified atom stereocenters. The van der Waals surface area contributed by atoms with Crippen LogP contribution < -0.4 is 0 Å². The highest BCUT2D eigenvalue weighted by Gasteiger charge is 2.33. The molecule has 0 aromatic heterocycles. The summed E-state index contributed by atoms with van der Waals surface area (Å²) in [5.74, 6) is 0.0569. The van der Waals surface area contributed by atoms with Crippen molar-refractivity contribution in [2.45, 2.75) is 59.8 Å². The summed E-state index contributed by atoms with van der Waals surface area (Å²) in [7, 11) is 0. The van der Waals surface area contributed by atoms with Crippen molar-refractivity contribution in [2.24, 2.45) is 11.3 Å². The maximum Gasteiger partial charge on any atom is 0.309 e. The molecule has 0 aliphatic carbocycles. The van der Waals surface area contributed by atoms with Gasteiger partial charge in [-0.3, -0.25) is 4.79 Å². The van der Waals surface area contributed by atoms with E-state index >= 15 is 0 Å². The van der Waals surface area contributed by atoms with Gasteiger partial charge in [0.15, 0.2) is 0 Å². The Labute approximate surface area is 87.7 Å². The van der Waals surface area contributed by atoms with E-state index in [4.69, 9.17) is 0 Å². The molecule has 0 saturated heterocycles. The van der Waals surface area contributed by atoms with Crippen LogP contribution in [-0.2, 0) is 4.79 Å². The van der Waals surface area contributed by atoms with Crippen molar-refractivity contribution in [3.05, 3.63) is 0 Å². The summed E-state index contributed by atoms with van der Waals surface area (Å²) in [5, 5.41) is 9.19. The predicted molar refractivity (Wildman–Crippen MR) is 59.3 cm³/mol. The summed E-state index contributed by atoms with van der Waals surface area (Å²) < 4.78 is 0. The number of aliphatic carboxylic acids is 1. The number of hydrogen-bond donors (Lipinski definition) is 1. The summed E-state index contributed by atoms with van der Waals surface area (Å²) in [6, 6.07) is 0. The van der Waals surface area contributed by atoms with Crippen molar-refractivity contribution in [1.82, 2.24) is 0 Å². The molecule has 0 rings (SSSR count). The summed E-state index contributed by atoms with van der Waals surface area (Å²) in [6.45, 7) is 8.32. The minimum absolute atomic E-state index is 0.463. The van der Waals surface area contributed by atoms with Crippen molar-refractivity contribution in [2.75, 3.05) is 0 Å². The van der Waals surface area contributed by atoms with Gasteiger partial charge in [-0.2, -0.15) is 0 Å². The van der Waals surface area contributed by atoms with Crippen molar-refractivity contribution >= 4 is 5.97 Å². The van der Waals surface area contributed by atoms with Crippen LogP contribution >= 0.6 is 0 Å². The smallest absolute Gasteiger partial charge is 0.309 e. The van der Waals surface area contributed by atoms with Crippen LogP contribution in [0.1, 0.15) is 59.8 Å². The molecular formula is C12H24O2. The largest absolute Gasteiger partial charge is 0.481 e. The molecule has 0 aliphatic heterocycles. The molecule has 0 fully saturated rings. The molecule has 0 saturated carbocycles. The van der Waals surface area contributed by atoms with Gasteiger partial charge in [0.2, 0.25) is 0 Å². The molecule has 0 aliphatic rings. The maximum absolute atomic E-state index is 11.2. The Kier molecular flexibility index (Phi) is 5.82. The van der Waals surface area contributed by atoms with Gasteiger partial charge < -0.3 is 5.11 Å². The number of carboxylic acids is 1. The van der Waals surface area contributed by atoms with Crippen molar-refractivity contribution < 1.29 is 9.90 Å². The first-order valence-electron chi connectivity index (χ1n) is 5.72. The van der Waals surface area contributed by atoms with Crippen LogP contribution in [0, 0.1) is 11.3 Å². The van der Waals surface area contributed by atoms with Gasteiger partial charge in [-0.25, -0.2) is 0 Å². The van der Waals surface area contributed by atoms with Gasteiger partial charge in [0, 0.05) is 0 Å². The van der Waals surface area contributed by atoms with Crippen LogP contribution in [0.3, 0.4) is 0 Å². The molecule has 2 heteroatoms. The molecule has 2 nitrogen and oxygen atoms in total. The molecule has 0 spiro atoms. The van der Waals surface area contributed by atoms with E-state index in [0.29, 0.717) is 5.92 Å². The van der Waals surface area contributed by atoms with Crippen LogP contribution in [0.4, 0.5) is 0 Å². The van der Waals surface area contributed by atoms with Gasteiger partial charge >= 0.3 is 5.97 Å². The minimum Gasteiger partial charge on any atom is -0.481 e. The van der Waals surface area contributed by atoms with E-state index in [1.54, 1.807) is 0 Å². The number of carboxylic acid groups (broad SMARTS) is 1. The summed E-state index contributed by atoms with van der Waals surface area (Å²) >= 11 is 0. The molecule has 14 heavy (non-hydrogen) atoms. The molecule has 0 bridgehead atoms. The lowest BCUT2D eigenvalue weighted by atomic mass is 9.77. The van der Waals surface area contributed by atoms with E-state index in [2.05, 4.69) is 13.8 Å². The van der Waals surface area contributed by atoms with E-state index in [-0.39, 0.29) is 0 Å². The Hall–Kier alpha value is -0.530. The predicted octanol–water partition coefficient (Wildman–Crippen LogP) is 3.70. The normalized spacial score (nSPS) is 12.1. The Bertz CT molecular complexity index is 169. The zero-order valence-electron chi connectivity index (χ0n) is 9.97. The minimum atomic E-state index is -0.619. The third-order valence-corrected chi connectivity index (χ3v) is 3.24. The Morgan fingerprint density at radius 3 is 2.07 bits per heavy atom. The first-order chi connectivity index (χ1) is 6.48. The molecule has 0 amide bonds. The van der Waals surface area contributed by atoms with Crippen LogP contribution in [0.5, 0.6) is 0 Å². The molecular weight excluding hydrogens is 176 g/mol. The molecule has 0 aromatic carbocycles. The van der Waals surface area contributed by atoms with Crippen LogP contribution in [0.15, 0.2) is 0 Å². The average Bonchev–Trinajstić information content (AvgIpc) is 2.12. The fraction of sp³-hybridized carbons (Fsp3) is 0.917. The third-order valence-electron chi connectivity index (χ3n) is 3.24. The zero-order valence-corrected chi connectivity index (χ0v) is 9.97. The highest BCUT2D eigenvalue weighted by molar-refractivity contribution is 5.74. The molecule has 84 valence electrons. The van der Waals surface area contributed by atoms with Gasteiger partial charge in [0.25, 0.3) is 0 Å². The first-order valence-corrected chi connectivity index (χ1v) is 5.72. The Balaban J connectivity index is 4.16. The highest BCUT2D eigenvalue weighted by Crippen LogP contribution is 2.33. The Morgan fingerprint density at radius 1 is 1.29 bits per heavy atom. The van der Waals surface area contributed by atoms with Crippen molar-refractivity contribution in [3.8, 4) is 0 Å². The summed E-state index contributed by atoms with van der Waals surface area (Å²) in [5.41, 5.74) is -0.463. The van der Waals surface area contributed by atoms with E-state index in [0.717, 1.165) is 32.1 Å². The van der Waals surface area contributed by atoms with Gasteiger partial charge in [-0.05, 0) is 25.2 Å². The van der Waals surface area contributed by atoms with E-state index in [9.17, 15) is 9.90 Å². The van der Waals surface area contributed by atoms with Gasteiger partial charge in [0.05, 0.1) is 5.41 Å². The van der Waals surface area contributed by atoms with Crippen LogP contribution in [0.2, 0.25) is 0 Å². The molecule has 0 atom stereocenters. The fourth-order valence-corrected chi connectivity index (χ4v) is 1.86. The van der Waals surface area contributed by atoms with Gasteiger partial charge in [-0.1, -0.05) is 40.5 Å². The van der Waals surface area contributed by atoms with Gasteiger partial charge in [-0.15, -0.1) is 0 Å². The van der Waals surface area contributed by atoms with Crippen LogP contribution in [-0.4, -0.2) is 11.1 Å². The maximum atomic E-state index is 11.2. The second-order valence-electron chi connectivity index (χ2n) is 4.58. The quantitative estimate of drug-likeness (QED) is 0.680. The summed E-state index contributed by atoms with van der Waals surface area (Å²) in [4.78, 5) is 11.2. The lowest BCUT2D eigenvalue weighted by molar-refractivity contribution is -0.150.